The smallest absolute Gasteiger partial charge is 0.136 e. The van der Waals surface area contributed by atoms with Crippen molar-refractivity contribution in [3.05, 3.63) is 30.5 Å². The van der Waals surface area contributed by atoms with Crippen LogP contribution in [0.5, 0.6) is 5.75 Å². The molecule has 19 heavy (non-hydrogen) atoms. The van der Waals surface area contributed by atoms with E-state index >= 15 is 0 Å². The van der Waals surface area contributed by atoms with Gasteiger partial charge < -0.3 is 15.3 Å². The first-order valence-electron chi connectivity index (χ1n) is 6.73. The van der Waals surface area contributed by atoms with Crippen LogP contribution in [-0.4, -0.2) is 36.8 Å². The Balaban J connectivity index is 2.42. The van der Waals surface area contributed by atoms with E-state index in [4.69, 9.17) is 0 Å². The van der Waals surface area contributed by atoms with E-state index in [0.29, 0.717) is 0 Å². The summed E-state index contributed by atoms with van der Waals surface area (Å²) in [4.78, 5) is 6.77. The second kappa shape index (κ2) is 6.38. The van der Waals surface area contributed by atoms with Gasteiger partial charge in [-0.25, -0.2) is 4.98 Å². The second-order valence-corrected chi connectivity index (χ2v) is 4.63. The summed E-state index contributed by atoms with van der Waals surface area (Å²) in [6.45, 7) is 4.95. The predicted molar refractivity (Wildman–Crippen MR) is 79.8 cm³/mol. The Kier molecular flexibility index (Phi) is 4.58. The first kappa shape index (κ1) is 13.6. The molecular formula is C15H21N3O. The summed E-state index contributed by atoms with van der Waals surface area (Å²) >= 11 is 0. The van der Waals surface area contributed by atoms with Crippen LogP contribution in [0.15, 0.2) is 30.5 Å². The number of aromatic nitrogens is 1. The van der Waals surface area contributed by atoms with Gasteiger partial charge in [0.1, 0.15) is 11.6 Å². The molecule has 0 bridgehead atoms. The van der Waals surface area contributed by atoms with Gasteiger partial charge in [-0.3, -0.25) is 0 Å². The molecule has 0 aliphatic heterocycles. The number of benzene rings is 1. The Morgan fingerprint density at radius 3 is 2.84 bits per heavy atom. The molecule has 0 atom stereocenters. The zero-order chi connectivity index (χ0) is 13.7. The lowest BCUT2D eigenvalue weighted by Crippen LogP contribution is -2.32. The number of phenols is 1. The Morgan fingerprint density at radius 1 is 1.26 bits per heavy atom. The van der Waals surface area contributed by atoms with Crippen LogP contribution in [-0.2, 0) is 0 Å². The van der Waals surface area contributed by atoms with Crippen molar-refractivity contribution < 1.29 is 5.11 Å². The molecule has 2 N–H and O–H groups in total. The van der Waals surface area contributed by atoms with Crippen LogP contribution in [0, 0.1) is 0 Å². The molecule has 0 saturated heterocycles. The fourth-order valence-corrected chi connectivity index (χ4v) is 2.23. The highest BCUT2D eigenvalue weighted by Crippen LogP contribution is 2.27. The molecule has 0 saturated carbocycles. The van der Waals surface area contributed by atoms with E-state index in [1.807, 2.05) is 25.4 Å². The first-order valence-corrected chi connectivity index (χ1v) is 6.73. The molecule has 4 heteroatoms. The van der Waals surface area contributed by atoms with Crippen LogP contribution < -0.4 is 10.2 Å². The van der Waals surface area contributed by atoms with Crippen molar-refractivity contribution >= 4 is 16.6 Å². The van der Waals surface area contributed by atoms with E-state index in [0.717, 1.165) is 42.6 Å². The van der Waals surface area contributed by atoms with Crippen LogP contribution in [0.3, 0.4) is 0 Å². The Morgan fingerprint density at radius 2 is 2.11 bits per heavy atom. The molecule has 2 aromatic rings. The average molecular weight is 259 g/mol. The van der Waals surface area contributed by atoms with Crippen LogP contribution in [0.25, 0.3) is 10.8 Å². The number of likely N-dealkylation sites (N-methyl/N-ethyl adjacent to an activating group) is 1. The number of fused-ring (bicyclic) bond motifs is 1. The van der Waals surface area contributed by atoms with Gasteiger partial charge in [-0.1, -0.05) is 13.0 Å². The van der Waals surface area contributed by atoms with E-state index in [1.54, 1.807) is 12.1 Å². The number of pyridine rings is 1. The minimum absolute atomic E-state index is 0.284. The third-order valence-corrected chi connectivity index (χ3v) is 3.15. The molecule has 0 fully saturated rings. The van der Waals surface area contributed by atoms with Crippen LogP contribution in [0.4, 0.5) is 5.82 Å². The molecule has 0 aliphatic rings. The van der Waals surface area contributed by atoms with Gasteiger partial charge in [0.25, 0.3) is 0 Å². The number of nitrogens with one attached hydrogen (secondary N) is 1. The summed E-state index contributed by atoms with van der Waals surface area (Å²) in [5.74, 6) is 1.23. The lowest BCUT2D eigenvalue weighted by atomic mass is 10.1. The largest absolute Gasteiger partial charge is 0.508 e. The van der Waals surface area contributed by atoms with Gasteiger partial charge in [-0.05, 0) is 37.1 Å². The second-order valence-electron chi connectivity index (χ2n) is 4.63. The minimum Gasteiger partial charge on any atom is -0.508 e. The van der Waals surface area contributed by atoms with E-state index in [2.05, 4.69) is 22.1 Å². The van der Waals surface area contributed by atoms with Gasteiger partial charge >= 0.3 is 0 Å². The number of anilines is 1. The van der Waals surface area contributed by atoms with Crippen molar-refractivity contribution in [2.75, 3.05) is 31.6 Å². The van der Waals surface area contributed by atoms with Crippen LogP contribution in [0.1, 0.15) is 13.3 Å². The van der Waals surface area contributed by atoms with E-state index in [-0.39, 0.29) is 5.75 Å². The highest BCUT2D eigenvalue weighted by Gasteiger charge is 2.11. The van der Waals surface area contributed by atoms with Gasteiger partial charge in [0.2, 0.25) is 0 Å². The third-order valence-electron chi connectivity index (χ3n) is 3.15. The van der Waals surface area contributed by atoms with Gasteiger partial charge in [0, 0.05) is 31.2 Å². The van der Waals surface area contributed by atoms with Crippen molar-refractivity contribution in [2.45, 2.75) is 13.3 Å². The zero-order valence-corrected chi connectivity index (χ0v) is 11.6. The predicted octanol–water partition coefficient (Wildman–Crippen LogP) is 2.38. The third kappa shape index (κ3) is 3.15. The molecule has 2 rings (SSSR count). The Bertz CT molecular complexity index is 542. The van der Waals surface area contributed by atoms with Crippen molar-refractivity contribution in [3.8, 4) is 5.75 Å². The summed E-state index contributed by atoms with van der Waals surface area (Å²) < 4.78 is 0. The van der Waals surface area contributed by atoms with Gasteiger partial charge in [0.05, 0.1) is 0 Å². The number of hydrogen-bond acceptors (Lipinski definition) is 4. The van der Waals surface area contributed by atoms with Crippen LogP contribution in [0.2, 0.25) is 0 Å². The van der Waals surface area contributed by atoms with Crippen molar-refractivity contribution in [1.82, 2.24) is 10.3 Å². The van der Waals surface area contributed by atoms with Gasteiger partial charge in [-0.15, -0.1) is 0 Å². The highest BCUT2D eigenvalue weighted by atomic mass is 16.3. The fraction of sp³-hybridized carbons (Fsp3) is 0.400. The maximum Gasteiger partial charge on any atom is 0.136 e. The van der Waals surface area contributed by atoms with Crippen LogP contribution >= 0.6 is 0 Å². The Labute approximate surface area is 114 Å². The zero-order valence-electron chi connectivity index (χ0n) is 11.6. The number of aromatic hydroxyl groups is 1. The number of rotatable bonds is 6. The van der Waals surface area contributed by atoms with E-state index < -0.39 is 0 Å². The molecule has 1 aromatic heterocycles. The maximum atomic E-state index is 9.68. The molecular weight excluding hydrogens is 238 g/mol. The summed E-state index contributed by atoms with van der Waals surface area (Å²) in [5, 5.41) is 15.0. The lowest BCUT2D eigenvalue weighted by Gasteiger charge is -2.24. The fourth-order valence-electron chi connectivity index (χ4n) is 2.23. The molecule has 0 unspecified atom stereocenters. The first-order chi connectivity index (χ1) is 9.26. The molecule has 0 amide bonds. The monoisotopic (exact) mass is 259 g/mol. The van der Waals surface area contributed by atoms with Crippen molar-refractivity contribution in [2.24, 2.45) is 0 Å². The number of phenolic OH excluding ortho intramolecular Hbond substituents is 1. The summed E-state index contributed by atoms with van der Waals surface area (Å²) in [6, 6.07) is 7.40. The lowest BCUT2D eigenvalue weighted by molar-refractivity contribution is 0.476. The van der Waals surface area contributed by atoms with E-state index in [1.165, 1.54) is 0 Å². The standard InChI is InChI=1S/C15H21N3O/c1-3-9-18(10-8-16-2)15-14-11-13(19)5-4-12(14)6-7-17-15/h4-7,11,16,19H,3,8-10H2,1-2H3. The number of nitrogens with zero attached hydrogens (tertiary/aromatic N) is 2. The van der Waals surface area contributed by atoms with Crippen molar-refractivity contribution in [1.29, 1.82) is 0 Å². The van der Waals surface area contributed by atoms with Gasteiger partial charge in [0.15, 0.2) is 0 Å². The Hall–Kier alpha value is -1.81. The molecule has 0 spiro atoms. The minimum atomic E-state index is 0.284. The molecule has 102 valence electrons. The summed E-state index contributed by atoms with van der Waals surface area (Å²) in [6.07, 6.45) is 2.90. The molecule has 0 aliphatic carbocycles. The van der Waals surface area contributed by atoms with Crippen molar-refractivity contribution in [3.63, 3.8) is 0 Å². The quantitative estimate of drug-likeness (QED) is 0.836. The van der Waals surface area contributed by atoms with Gasteiger partial charge in [-0.2, -0.15) is 0 Å². The normalized spacial score (nSPS) is 10.8. The summed E-state index contributed by atoms with van der Waals surface area (Å²) in [5.41, 5.74) is 0. The topological polar surface area (TPSA) is 48.4 Å². The molecule has 0 radical (unpaired) electrons. The average Bonchev–Trinajstić information content (AvgIpc) is 2.43. The maximum absolute atomic E-state index is 9.68. The SMILES string of the molecule is CCCN(CCNC)c1nccc2ccc(O)cc12. The number of hydrogen-bond donors (Lipinski definition) is 2. The summed E-state index contributed by atoms with van der Waals surface area (Å²) in [7, 11) is 1.95. The van der Waals surface area contributed by atoms with E-state index in [9.17, 15) is 5.11 Å². The molecule has 1 aromatic carbocycles. The highest BCUT2D eigenvalue weighted by molar-refractivity contribution is 5.93. The molecule has 4 nitrogen and oxygen atoms in total. The molecule has 1 heterocycles.